The van der Waals surface area contributed by atoms with Gasteiger partial charge >= 0.3 is 0 Å². The fourth-order valence-electron chi connectivity index (χ4n) is 4.96. The number of aromatic nitrogens is 1. The molecule has 6 nitrogen and oxygen atoms in total. The number of rotatable bonds is 10. The monoisotopic (exact) mass is 503 g/mol. The summed E-state index contributed by atoms with van der Waals surface area (Å²) in [4.78, 5) is 24.4. The van der Waals surface area contributed by atoms with Crippen LogP contribution in [0.3, 0.4) is 0 Å². The smallest absolute Gasteiger partial charge is 0.270 e. The number of hydrogen-bond donors (Lipinski definition) is 1. The Kier molecular flexibility index (Phi) is 7.59. The first-order chi connectivity index (χ1) is 18.6. The SMILES string of the molecule is O=C(CC(c1ccccc1)c1cn(Cc2ccccc2)c2ccc([N+](=O)[O-])cc12)NCCc1ccccc1. The zero-order chi connectivity index (χ0) is 26.3. The second-order valence-corrected chi connectivity index (χ2v) is 9.41. The molecular weight excluding hydrogens is 474 g/mol. The number of fused-ring (bicyclic) bond motifs is 1. The number of benzene rings is 4. The zero-order valence-electron chi connectivity index (χ0n) is 21.0. The summed E-state index contributed by atoms with van der Waals surface area (Å²) in [6.07, 6.45) is 3.05. The topological polar surface area (TPSA) is 77.2 Å². The first kappa shape index (κ1) is 25.0. The highest BCUT2D eigenvalue weighted by Gasteiger charge is 2.24. The van der Waals surface area contributed by atoms with E-state index in [0.717, 1.165) is 34.0 Å². The lowest BCUT2D eigenvalue weighted by atomic mass is 9.88. The molecule has 1 aromatic heterocycles. The second kappa shape index (κ2) is 11.6. The molecule has 190 valence electrons. The van der Waals surface area contributed by atoms with E-state index < -0.39 is 0 Å². The molecule has 1 N–H and O–H groups in total. The summed E-state index contributed by atoms with van der Waals surface area (Å²) < 4.78 is 2.12. The molecule has 0 bridgehead atoms. The van der Waals surface area contributed by atoms with Gasteiger partial charge in [0.15, 0.2) is 0 Å². The average molecular weight is 504 g/mol. The molecule has 0 aliphatic rings. The summed E-state index contributed by atoms with van der Waals surface area (Å²) >= 11 is 0. The van der Waals surface area contributed by atoms with Gasteiger partial charge in [0.05, 0.1) is 4.92 Å². The van der Waals surface area contributed by atoms with Crippen LogP contribution in [0.25, 0.3) is 10.9 Å². The summed E-state index contributed by atoms with van der Waals surface area (Å²) in [5.41, 5.74) is 5.14. The van der Waals surface area contributed by atoms with E-state index >= 15 is 0 Å². The van der Waals surface area contributed by atoms with Crippen molar-refractivity contribution in [3.63, 3.8) is 0 Å². The summed E-state index contributed by atoms with van der Waals surface area (Å²) in [5, 5.41) is 15.5. The van der Waals surface area contributed by atoms with E-state index in [2.05, 4.69) is 28.2 Å². The molecule has 1 heterocycles. The molecule has 6 heteroatoms. The molecule has 5 rings (SSSR count). The van der Waals surface area contributed by atoms with Gasteiger partial charge in [-0.1, -0.05) is 91.0 Å². The van der Waals surface area contributed by atoms with Crippen molar-refractivity contribution in [2.24, 2.45) is 0 Å². The fraction of sp³-hybridized carbons (Fsp3) is 0.156. The Balaban J connectivity index is 1.49. The van der Waals surface area contributed by atoms with Crippen molar-refractivity contribution in [3.05, 3.63) is 148 Å². The van der Waals surface area contributed by atoms with Crippen LogP contribution in [-0.4, -0.2) is 21.9 Å². The minimum atomic E-state index is -0.369. The quantitative estimate of drug-likeness (QED) is 0.175. The zero-order valence-corrected chi connectivity index (χ0v) is 21.0. The highest BCUT2D eigenvalue weighted by atomic mass is 16.6. The summed E-state index contributed by atoms with van der Waals surface area (Å²) in [7, 11) is 0. The molecule has 1 atom stereocenters. The number of hydrogen-bond acceptors (Lipinski definition) is 3. The van der Waals surface area contributed by atoms with E-state index in [1.54, 1.807) is 12.1 Å². The number of nitro benzene ring substituents is 1. The van der Waals surface area contributed by atoms with Crippen LogP contribution >= 0.6 is 0 Å². The molecule has 1 unspecified atom stereocenters. The lowest BCUT2D eigenvalue weighted by Gasteiger charge is -2.17. The first-order valence-corrected chi connectivity index (χ1v) is 12.7. The average Bonchev–Trinajstić information content (AvgIpc) is 3.30. The van der Waals surface area contributed by atoms with Gasteiger partial charge in [-0.15, -0.1) is 0 Å². The summed E-state index contributed by atoms with van der Waals surface area (Å²) in [5.74, 6) is -0.307. The van der Waals surface area contributed by atoms with Crippen LogP contribution in [0, 0.1) is 10.1 Å². The molecule has 5 aromatic rings. The van der Waals surface area contributed by atoms with Gasteiger partial charge in [-0.25, -0.2) is 0 Å². The number of nitrogens with one attached hydrogen (secondary N) is 1. The van der Waals surface area contributed by atoms with Gasteiger partial charge in [0.2, 0.25) is 5.91 Å². The molecule has 0 saturated carbocycles. The predicted octanol–water partition coefficient (Wildman–Crippen LogP) is 6.48. The largest absolute Gasteiger partial charge is 0.356 e. The lowest BCUT2D eigenvalue weighted by Crippen LogP contribution is -2.27. The summed E-state index contributed by atoms with van der Waals surface area (Å²) in [6, 6.07) is 35.0. The molecule has 1 amide bonds. The molecule has 0 spiro atoms. The van der Waals surface area contributed by atoms with Crippen molar-refractivity contribution < 1.29 is 9.72 Å². The van der Waals surface area contributed by atoms with E-state index in [0.29, 0.717) is 13.1 Å². The number of carbonyl (C=O) groups is 1. The molecule has 4 aromatic carbocycles. The van der Waals surface area contributed by atoms with Gasteiger partial charge in [-0.2, -0.15) is 0 Å². The molecule has 0 aliphatic heterocycles. The Hall–Kier alpha value is -4.71. The van der Waals surface area contributed by atoms with Crippen molar-refractivity contribution in [2.75, 3.05) is 6.54 Å². The Morgan fingerprint density at radius 1 is 0.842 bits per heavy atom. The number of carbonyl (C=O) groups excluding carboxylic acids is 1. The van der Waals surface area contributed by atoms with Gasteiger partial charge in [0.1, 0.15) is 0 Å². The Morgan fingerprint density at radius 3 is 2.13 bits per heavy atom. The van der Waals surface area contributed by atoms with Crippen LogP contribution in [0.1, 0.15) is 34.6 Å². The number of non-ortho nitro benzene ring substituents is 1. The maximum Gasteiger partial charge on any atom is 0.270 e. The van der Waals surface area contributed by atoms with Crippen LogP contribution in [0.2, 0.25) is 0 Å². The van der Waals surface area contributed by atoms with Crippen LogP contribution in [0.4, 0.5) is 5.69 Å². The standard InChI is InChI=1S/C32H29N3O3/c36-32(33-19-18-24-10-4-1-5-11-24)21-28(26-14-8-3-9-15-26)30-23-34(22-25-12-6-2-7-13-25)31-17-16-27(35(37)38)20-29(30)31/h1-17,20,23,28H,18-19,21-22H2,(H,33,36). The minimum Gasteiger partial charge on any atom is -0.356 e. The van der Waals surface area contributed by atoms with E-state index in [1.165, 1.54) is 5.56 Å². The number of nitro groups is 1. The van der Waals surface area contributed by atoms with Crippen LogP contribution in [0.15, 0.2) is 115 Å². The maximum absolute atomic E-state index is 13.2. The Morgan fingerprint density at radius 2 is 1.47 bits per heavy atom. The van der Waals surface area contributed by atoms with Crippen LogP contribution in [-0.2, 0) is 17.8 Å². The second-order valence-electron chi connectivity index (χ2n) is 9.41. The Bertz CT molecular complexity index is 1530. The predicted molar refractivity (Wildman–Crippen MR) is 150 cm³/mol. The highest BCUT2D eigenvalue weighted by molar-refractivity contribution is 5.88. The van der Waals surface area contributed by atoms with Gasteiger partial charge < -0.3 is 9.88 Å². The third-order valence-corrected chi connectivity index (χ3v) is 6.85. The minimum absolute atomic E-state index is 0.0373. The van der Waals surface area contributed by atoms with Gasteiger partial charge in [-0.05, 0) is 34.7 Å². The van der Waals surface area contributed by atoms with Gasteiger partial charge in [0.25, 0.3) is 5.69 Å². The first-order valence-electron chi connectivity index (χ1n) is 12.7. The molecule has 0 aliphatic carbocycles. The fourth-order valence-corrected chi connectivity index (χ4v) is 4.96. The van der Waals surface area contributed by atoms with E-state index in [1.807, 2.05) is 84.9 Å². The molecule has 0 radical (unpaired) electrons. The normalized spacial score (nSPS) is 11.8. The third-order valence-electron chi connectivity index (χ3n) is 6.85. The van der Waals surface area contributed by atoms with Crippen molar-refractivity contribution in [3.8, 4) is 0 Å². The van der Waals surface area contributed by atoms with Gasteiger partial charge in [-0.3, -0.25) is 14.9 Å². The maximum atomic E-state index is 13.2. The van der Waals surface area contributed by atoms with Crippen LogP contribution in [0.5, 0.6) is 0 Å². The third kappa shape index (κ3) is 5.81. The lowest BCUT2D eigenvalue weighted by molar-refractivity contribution is -0.384. The Labute approximate surface area is 221 Å². The van der Waals surface area contributed by atoms with Gasteiger partial charge in [0, 0.05) is 54.7 Å². The van der Waals surface area contributed by atoms with E-state index in [4.69, 9.17) is 0 Å². The van der Waals surface area contributed by atoms with Crippen molar-refractivity contribution in [1.82, 2.24) is 9.88 Å². The van der Waals surface area contributed by atoms with E-state index in [9.17, 15) is 14.9 Å². The molecular formula is C32H29N3O3. The van der Waals surface area contributed by atoms with Crippen molar-refractivity contribution in [1.29, 1.82) is 0 Å². The van der Waals surface area contributed by atoms with Crippen molar-refractivity contribution >= 4 is 22.5 Å². The number of nitrogens with zero attached hydrogens (tertiary/aromatic N) is 2. The highest BCUT2D eigenvalue weighted by Crippen LogP contribution is 2.36. The van der Waals surface area contributed by atoms with Crippen LogP contribution < -0.4 is 5.32 Å². The molecule has 38 heavy (non-hydrogen) atoms. The molecule has 0 fully saturated rings. The van der Waals surface area contributed by atoms with E-state index in [-0.39, 0.29) is 28.9 Å². The number of amides is 1. The molecule has 0 saturated heterocycles. The van der Waals surface area contributed by atoms with Crippen molar-refractivity contribution in [2.45, 2.75) is 25.3 Å². The summed E-state index contributed by atoms with van der Waals surface area (Å²) in [6.45, 7) is 1.17.